The lowest BCUT2D eigenvalue weighted by Crippen LogP contribution is -2.32. The van der Waals surface area contributed by atoms with E-state index in [0.717, 1.165) is 18.6 Å². The molecule has 0 aliphatic heterocycles. The van der Waals surface area contributed by atoms with Gasteiger partial charge in [0, 0.05) is 6.04 Å². The van der Waals surface area contributed by atoms with E-state index < -0.39 is 17.8 Å². The molecule has 6 heteroatoms. The number of nitrogens with zero attached hydrogens (tertiary/aromatic N) is 1. The van der Waals surface area contributed by atoms with Gasteiger partial charge in [-0.25, -0.2) is 4.98 Å². The van der Waals surface area contributed by atoms with Crippen LogP contribution in [-0.4, -0.2) is 16.9 Å². The minimum atomic E-state index is -4.49. The monoisotopic (exact) mass is 260 g/mol. The van der Waals surface area contributed by atoms with E-state index in [2.05, 4.69) is 10.3 Å². The van der Waals surface area contributed by atoms with E-state index in [1.165, 1.54) is 6.92 Å². The van der Waals surface area contributed by atoms with Crippen LogP contribution in [0.1, 0.15) is 42.0 Å². The second-order valence-corrected chi connectivity index (χ2v) is 4.11. The summed E-state index contributed by atoms with van der Waals surface area (Å²) in [7, 11) is 0. The van der Waals surface area contributed by atoms with Crippen LogP contribution in [0.15, 0.2) is 12.1 Å². The van der Waals surface area contributed by atoms with Crippen LogP contribution in [0.25, 0.3) is 0 Å². The summed E-state index contributed by atoms with van der Waals surface area (Å²) in [6.07, 6.45) is -3.74. The number of halogens is 3. The van der Waals surface area contributed by atoms with Crippen molar-refractivity contribution in [1.29, 1.82) is 0 Å². The van der Waals surface area contributed by atoms with Crippen molar-refractivity contribution >= 4 is 5.91 Å². The van der Waals surface area contributed by atoms with Gasteiger partial charge in [-0.15, -0.1) is 0 Å². The highest BCUT2D eigenvalue weighted by Crippen LogP contribution is 2.28. The zero-order valence-corrected chi connectivity index (χ0v) is 10.4. The summed E-state index contributed by atoms with van der Waals surface area (Å²) in [6.45, 7) is 5.12. The van der Waals surface area contributed by atoms with E-state index in [4.69, 9.17) is 0 Å². The summed E-state index contributed by atoms with van der Waals surface area (Å²) < 4.78 is 37.2. The molecule has 0 saturated heterocycles. The third-order valence-electron chi connectivity index (χ3n) is 2.61. The van der Waals surface area contributed by atoms with Gasteiger partial charge in [0.15, 0.2) is 0 Å². The van der Waals surface area contributed by atoms with Crippen molar-refractivity contribution in [1.82, 2.24) is 10.3 Å². The molecule has 1 N–H and O–H groups in total. The summed E-state index contributed by atoms with van der Waals surface area (Å²) in [5, 5.41) is 2.68. The zero-order valence-electron chi connectivity index (χ0n) is 10.4. The molecular weight excluding hydrogens is 245 g/mol. The molecule has 0 aliphatic rings. The van der Waals surface area contributed by atoms with Crippen LogP contribution in [0.4, 0.5) is 13.2 Å². The first-order valence-electron chi connectivity index (χ1n) is 5.61. The highest BCUT2D eigenvalue weighted by molar-refractivity contribution is 5.95. The van der Waals surface area contributed by atoms with E-state index in [0.29, 0.717) is 0 Å². The van der Waals surface area contributed by atoms with E-state index in [9.17, 15) is 18.0 Å². The largest absolute Gasteiger partial charge is 0.433 e. The number of carbonyl (C=O) groups is 1. The van der Waals surface area contributed by atoms with Crippen molar-refractivity contribution in [2.75, 3.05) is 0 Å². The summed E-state index contributed by atoms with van der Waals surface area (Å²) in [5.74, 6) is -0.400. The molecule has 0 aromatic carbocycles. The molecule has 1 amide bonds. The second-order valence-electron chi connectivity index (χ2n) is 4.11. The number of hydrogen-bond acceptors (Lipinski definition) is 2. The van der Waals surface area contributed by atoms with Crippen LogP contribution in [0, 0.1) is 6.92 Å². The van der Waals surface area contributed by atoms with E-state index in [1.54, 1.807) is 0 Å². The summed E-state index contributed by atoms with van der Waals surface area (Å²) in [6, 6.07) is 1.95. The highest BCUT2D eigenvalue weighted by atomic mass is 19.4. The van der Waals surface area contributed by atoms with Gasteiger partial charge in [0.2, 0.25) is 0 Å². The first kappa shape index (κ1) is 14.5. The van der Waals surface area contributed by atoms with Gasteiger partial charge in [-0.2, -0.15) is 13.2 Å². The molecule has 1 heterocycles. The Hall–Kier alpha value is -1.59. The Morgan fingerprint density at radius 2 is 2.06 bits per heavy atom. The fourth-order valence-electron chi connectivity index (χ4n) is 1.36. The number of amides is 1. The summed E-state index contributed by atoms with van der Waals surface area (Å²) >= 11 is 0. The molecule has 18 heavy (non-hydrogen) atoms. The molecule has 3 nitrogen and oxygen atoms in total. The highest BCUT2D eigenvalue weighted by Gasteiger charge is 2.33. The fourth-order valence-corrected chi connectivity index (χ4v) is 1.36. The second kappa shape index (κ2) is 5.37. The van der Waals surface area contributed by atoms with E-state index in [1.807, 2.05) is 13.8 Å². The number of hydrogen-bond donors (Lipinski definition) is 1. The molecule has 1 rings (SSSR count). The molecule has 1 aromatic heterocycles. The first-order valence-corrected chi connectivity index (χ1v) is 5.61. The van der Waals surface area contributed by atoms with Crippen LogP contribution in [0.5, 0.6) is 0 Å². The molecule has 1 aromatic rings. The maximum Gasteiger partial charge on any atom is 0.433 e. The minimum absolute atomic E-state index is 0.0285. The maximum absolute atomic E-state index is 12.4. The fraction of sp³-hybridized carbons (Fsp3) is 0.500. The maximum atomic E-state index is 12.4. The molecule has 1 unspecified atom stereocenters. The summed E-state index contributed by atoms with van der Waals surface area (Å²) in [5.41, 5.74) is -0.742. The Kier molecular flexibility index (Phi) is 4.32. The molecule has 0 bridgehead atoms. The Bertz CT molecular complexity index is 443. The van der Waals surface area contributed by atoms with Crippen molar-refractivity contribution in [3.8, 4) is 0 Å². The summed E-state index contributed by atoms with van der Waals surface area (Å²) in [4.78, 5) is 15.2. The molecule has 1 atom stereocenters. The quantitative estimate of drug-likeness (QED) is 0.907. The Morgan fingerprint density at radius 1 is 1.44 bits per heavy atom. The van der Waals surface area contributed by atoms with Crippen LogP contribution in [0.2, 0.25) is 0 Å². The van der Waals surface area contributed by atoms with Crippen molar-refractivity contribution in [2.45, 2.75) is 39.4 Å². The topological polar surface area (TPSA) is 42.0 Å². The molecule has 0 radical (unpaired) electrons. The van der Waals surface area contributed by atoms with Gasteiger partial charge < -0.3 is 5.32 Å². The van der Waals surface area contributed by atoms with Gasteiger partial charge in [-0.1, -0.05) is 6.92 Å². The van der Waals surface area contributed by atoms with Crippen LogP contribution in [0.3, 0.4) is 0 Å². The van der Waals surface area contributed by atoms with Crippen molar-refractivity contribution in [3.63, 3.8) is 0 Å². The van der Waals surface area contributed by atoms with Crippen LogP contribution < -0.4 is 5.32 Å². The molecule has 0 spiro atoms. The minimum Gasteiger partial charge on any atom is -0.350 e. The van der Waals surface area contributed by atoms with Crippen molar-refractivity contribution in [3.05, 3.63) is 29.1 Å². The predicted octanol–water partition coefficient (Wildman–Crippen LogP) is 2.94. The Morgan fingerprint density at radius 3 is 2.50 bits per heavy atom. The van der Waals surface area contributed by atoms with Crippen LogP contribution in [-0.2, 0) is 6.18 Å². The van der Waals surface area contributed by atoms with Crippen molar-refractivity contribution < 1.29 is 18.0 Å². The van der Waals surface area contributed by atoms with Gasteiger partial charge in [-0.05, 0) is 32.4 Å². The lowest BCUT2D eigenvalue weighted by molar-refractivity contribution is -0.141. The smallest absolute Gasteiger partial charge is 0.350 e. The van der Waals surface area contributed by atoms with Gasteiger partial charge in [-0.3, -0.25) is 4.79 Å². The molecule has 100 valence electrons. The molecule has 0 saturated carbocycles. The third kappa shape index (κ3) is 3.45. The van der Waals surface area contributed by atoms with Crippen LogP contribution >= 0.6 is 0 Å². The van der Waals surface area contributed by atoms with Crippen molar-refractivity contribution in [2.24, 2.45) is 0 Å². The van der Waals surface area contributed by atoms with Gasteiger partial charge in [0.05, 0.1) is 11.3 Å². The van der Waals surface area contributed by atoms with Gasteiger partial charge in [0.1, 0.15) is 5.69 Å². The normalized spacial score (nSPS) is 13.2. The Labute approximate surface area is 103 Å². The van der Waals surface area contributed by atoms with Gasteiger partial charge in [0.25, 0.3) is 5.91 Å². The van der Waals surface area contributed by atoms with E-state index in [-0.39, 0.29) is 17.3 Å². The predicted molar refractivity (Wildman–Crippen MR) is 61.2 cm³/mol. The number of alkyl halides is 3. The first-order chi connectivity index (χ1) is 8.25. The number of pyridine rings is 1. The third-order valence-corrected chi connectivity index (χ3v) is 2.61. The number of rotatable bonds is 3. The molecule has 0 fully saturated rings. The number of nitrogens with one attached hydrogen (secondary N) is 1. The lowest BCUT2D eigenvalue weighted by Gasteiger charge is -2.13. The number of carbonyl (C=O) groups excluding carboxylic acids is 1. The Balaban J connectivity index is 2.96. The number of aromatic nitrogens is 1. The standard InChI is InChI=1S/C12H15F3N2O/c1-4-7(2)16-11(18)9-5-6-10(12(13,14)15)17-8(9)3/h5-7H,4H2,1-3H3,(H,16,18). The van der Waals surface area contributed by atoms with Gasteiger partial charge >= 0.3 is 6.18 Å². The average molecular weight is 260 g/mol. The SMILES string of the molecule is CCC(C)NC(=O)c1ccc(C(F)(F)F)nc1C. The molecular formula is C12H15F3N2O. The molecule has 0 aliphatic carbocycles. The zero-order chi connectivity index (χ0) is 13.9. The lowest BCUT2D eigenvalue weighted by atomic mass is 10.1. The number of aryl methyl sites for hydroxylation is 1. The van der Waals surface area contributed by atoms with E-state index >= 15 is 0 Å². The average Bonchev–Trinajstić information content (AvgIpc) is 2.27.